The maximum absolute atomic E-state index is 10.2. The minimum Gasteiger partial charge on any atom is -0.481 e. The van der Waals surface area contributed by atoms with Crippen LogP contribution in [-0.4, -0.2) is 60.0 Å². The molecule has 0 aromatic carbocycles. The zero-order valence-corrected chi connectivity index (χ0v) is 15.3. The predicted molar refractivity (Wildman–Crippen MR) is 69.9 cm³/mol. The zero-order chi connectivity index (χ0) is 11.4. The van der Waals surface area contributed by atoms with Crippen molar-refractivity contribution >= 4 is 54.9 Å². The molecular weight excluding hydrogens is 325 g/mol. The van der Waals surface area contributed by atoms with Crippen molar-refractivity contribution in [1.82, 2.24) is 0 Å². The first-order chi connectivity index (χ1) is 7.27. The van der Waals surface area contributed by atoms with Crippen LogP contribution >= 0.6 is 0 Å². The molecule has 0 aliphatic rings. The summed E-state index contributed by atoms with van der Waals surface area (Å²) in [5, 5.41) is 8.44. The molecule has 92 valence electrons. The molecule has 0 unspecified atom stereocenters. The Kier molecular flexibility index (Phi) is 19.4. The molecule has 0 spiro atoms. The number of carbonyl (C=O) groups is 1. The van der Waals surface area contributed by atoms with Crippen molar-refractivity contribution in [3.8, 4) is 0 Å². The van der Waals surface area contributed by atoms with Crippen LogP contribution < -0.4 is 0 Å². The Morgan fingerprint density at radius 3 is 1.56 bits per heavy atom. The Balaban J connectivity index is 0. The molecule has 0 saturated carbocycles. The number of carboxylic acid groups (broad SMARTS) is 1. The summed E-state index contributed by atoms with van der Waals surface area (Å²) in [4.78, 5) is 10.2. The summed E-state index contributed by atoms with van der Waals surface area (Å²) in [6.45, 7) is 2.24. The van der Waals surface area contributed by atoms with Crippen LogP contribution in [0.1, 0.15) is 77.6 Å². The summed E-state index contributed by atoms with van der Waals surface area (Å²) in [6.07, 6.45) is 12.9. The second-order valence-corrected chi connectivity index (χ2v) is 4.33. The summed E-state index contributed by atoms with van der Waals surface area (Å²) < 4.78 is 0. The van der Waals surface area contributed by atoms with E-state index in [1.54, 1.807) is 0 Å². The second kappa shape index (κ2) is 16.0. The Bertz CT molecular complexity index is 149. The first-order valence-corrected chi connectivity index (χ1v) is 6.49. The van der Waals surface area contributed by atoms with Gasteiger partial charge in [0.1, 0.15) is 0 Å². The number of hydrogen-bond acceptors (Lipinski definition) is 1. The summed E-state index contributed by atoms with van der Waals surface area (Å²) in [5.74, 6) is -0.658. The fourth-order valence-corrected chi connectivity index (χ4v) is 1.76. The fraction of sp³-hybridized carbons (Fsp3) is 0.923. The number of hydrogen-bond donors (Lipinski definition) is 1. The van der Waals surface area contributed by atoms with Gasteiger partial charge in [-0.2, -0.15) is 0 Å². The molecule has 0 heterocycles. The molecule has 0 fully saturated rings. The third-order valence-electron chi connectivity index (χ3n) is 2.74. The van der Waals surface area contributed by atoms with Gasteiger partial charge in [0, 0.05) is 55.3 Å². The Hall–Kier alpha value is 1.04. The Labute approximate surface area is 141 Å². The van der Waals surface area contributed by atoms with Crippen LogP contribution in [0.5, 0.6) is 0 Å². The summed E-state index contributed by atoms with van der Waals surface area (Å²) in [6, 6.07) is 0. The van der Waals surface area contributed by atoms with Crippen LogP contribution in [0.3, 0.4) is 0 Å². The van der Waals surface area contributed by atoms with E-state index in [0.717, 1.165) is 12.8 Å². The number of aliphatic carboxylic acids is 1. The third-order valence-corrected chi connectivity index (χ3v) is 2.74. The maximum atomic E-state index is 10.2. The largest absolute Gasteiger partial charge is 0.481 e. The van der Waals surface area contributed by atoms with Crippen molar-refractivity contribution in [2.75, 3.05) is 0 Å². The van der Waals surface area contributed by atoms with Crippen molar-refractivity contribution in [3.05, 3.63) is 0 Å². The van der Waals surface area contributed by atoms with E-state index in [4.69, 9.17) is 5.11 Å². The average Bonchev–Trinajstić information content (AvgIpc) is 2.20. The molecule has 0 atom stereocenters. The maximum Gasteiger partial charge on any atom is 0.303 e. The van der Waals surface area contributed by atoms with Crippen LogP contribution in [0.2, 0.25) is 0 Å². The molecule has 3 heteroatoms. The average molecular weight is 352 g/mol. The Morgan fingerprint density at radius 2 is 1.19 bits per heavy atom. The van der Waals surface area contributed by atoms with Gasteiger partial charge in [0.25, 0.3) is 0 Å². The normalized spacial score (nSPS) is 9.81. The van der Waals surface area contributed by atoms with Crippen molar-refractivity contribution in [2.24, 2.45) is 0 Å². The van der Waals surface area contributed by atoms with Gasteiger partial charge in [0.2, 0.25) is 0 Å². The van der Waals surface area contributed by atoms with Crippen LogP contribution in [0.4, 0.5) is 0 Å². The van der Waals surface area contributed by atoms with Crippen LogP contribution in [-0.2, 0) is 4.79 Å². The number of unbranched alkanes of at least 4 members (excludes halogenated alkanes) is 9. The van der Waals surface area contributed by atoms with E-state index in [0.29, 0.717) is 6.42 Å². The minimum atomic E-state index is -0.658. The topological polar surface area (TPSA) is 37.3 Å². The van der Waals surface area contributed by atoms with Gasteiger partial charge in [-0.15, -0.1) is 0 Å². The molecule has 2 radical (unpaired) electrons. The molecule has 0 aliphatic carbocycles. The van der Waals surface area contributed by atoms with E-state index < -0.39 is 5.97 Å². The van der Waals surface area contributed by atoms with Crippen molar-refractivity contribution in [2.45, 2.75) is 77.6 Å². The SMILES string of the molecule is CCCCCCCCCCCCC(=O)O.[Ba]. The van der Waals surface area contributed by atoms with E-state index in [1.807, 2.05) is 0 Å². The number of rotatable bonds is 11. The third kappa shape index (κ3) is 17.4. The summed E-state index contributed by atoms with van der Waals surface area (Å²) in [7, 11) is 0. The number of carboxylic acids is 1. The fourth-order valence-electron chi connectivity index (χ4n) is 1.76. The van der Waals surface area contributed by atoms with Gasteiger partial charge in [-0.3, -0.25) is 4.79 Å². The Morgan fingerprint density at radius 1 is 0.812 bits per heavy atom. The molecule has 0 aliphatic heterocycles. The van der Waals surface area contributed by atoms with Crippen LogP contribution in [0.25, 0.3) is 0 Å². The van der Waals surface area contributed by atoms with Crippen LogP contribution in [0, 0.1) is 0 Å². The van der Waals surface area contributed by atoms with Crippen molar-refractivity contribution < 1.29 is 9.90 Å². The van der Waals surface area contributed by atoms with Crippen molar-refractivity contribution in [1.29, 1.82) is 0 Å². The van der Waals surface area contributed by atoms with Crippen molar-refractivity contribution in [3.63, 3.8) is 0 Å². The molecule has 0 amide bonds. The second-order valence-electron chi connectivity index (χ2n) is 4.33. The van der Waals surface area contributed by atoms with E-state index in [9.17, 15) is 4.79 Å². The summed E-state index contributed by atoms with van der Waals surface area (Å²) in [5.41, 5.74) is 0. The standard InChI is InChI=1S/C13H26O2.Ba/c1-2-3-4-5-6-7-8-9-10-11-12-13(14)15;/h2-12H2,1H3,(H,14,15);. The molecule has 0 aromatic rings. The van der Waals surface area contributed by atoms with Gasteiger partial charge in [-0.25, -0.2) is 0 Å². The van der Waals surface area contributed by atoms with Gasteiger partial charge in [-0.1, -0.05) is 64.7 Å². The first kappa shape index (κ1) is 19.4. The molecular formula is C13H26BaO2. The van der Waals surface area contributed by atoms with E-state index in [1.165, 1.54) is 51.4 Å². The van der Waals surface area contributed by atoms with E-state index in [-0.39, 0.29) is 48.9 Å². The molecule has 2 nitrogen and oxygen atoms in total. The van der Waals surface area contributed by atoms with Gasteiger partial charge in [0.05, 0.1) is 0 Å². The molecule has 1 N–H and O–H groups in total. The molecule has 16 heavy (non-hydrogen) atoms. The molecule has 0 bridgehead atoms. The van der Waals surface area contributed by atoms with Gasteiger partial charge >= 0.3 is 5.97 Å². The summed E-state index contributed by atoms with van der Waals surface area (Å²) >= 11 is 0. The monoisotopic (exact) mass is 352 g/mol. The van der Waals surface area contributed by atoms with Crippen LogP contribution in [0.15, 0.2) is 0 Å². The van der Waals surface area contributed by atoms with E-state index >= 15 is 0 Å². The van der Waals surface area contributed by atoms with Gasteiger partial charge < -0.3 is 5.11 Å². The zero-order valence-electron chi connectivity index (χ0n) is 10.8. The molecule has 0 saturated heterocycles. The van der Waals surface area contributed by atoms with E-state index in [2.05, 4.69) is 6.92 Å². The quantitative estimate of drug-likeness (QED) is 0.451. The molecule has 0 rings (SSSR count). The minimum absolute atomic E-state index is 0. The predicted octanol–water partition coefficient (Wildman–Crippen LogP) is 4.00. The smallest absolute Gasteiger partial charge is 0.303 e. The van der Waals surface area contributed by atoms with Gasteiger partial charge in [0.15, 0.2) is 0 Å². The first-order valence-electron chi connectivity index (χ1n) is 6.49. The molecule has 0 aromatic heterocycles. The van der Waals surface area contributed by atoms with Gasteiger partial charge in [-0.05, 0) is 6.42 Å².